The van der Waals surface area contributed by atoms with Gasteiger partial charge in [-0.05, 0) is 37.3 Å². The number of nitrogens with one attached hydrogen (secondary N) is 1. The van der Waals surface area contributed by atoms with Gasteiger partial charge in [0.2, 0.25) is 0 Å². The Morgan fingerprint density at radius 1 is 1.25 bits per heavy atom. The molecule has 1 heterocycles. The Balaban J connectivity index is 1.28. The Morgan fingerprint density at radius 2 is 2.05 bits per heavy atom. The third kappa shape index (κ3) is 3.86. The number of ether oxygens (including phenoxy) is 1. The van der Waals surface area contributed by atoms with E-state index in [9.17, 15) is 0 Å². The summed E-state index contributed by atoms with van der Waals surface area (Å²) in [5.41, 5.74) is 0. The van der Waals surface area contributed by atoms with Crippen molar-refractivity contribution in [2.24, 2.45) is 5.92 Å². The molecule has 3 heteroatoms. The Hall–Kier alpha value is -0.800. The van der Waals surface area contributed by atoms with Crippen LogP contribution in [0.2, 0.25) is 0 Å². The molecule has 3 nitrogen and oxygen atoms in total. The minimum absolute atomic E-state index is 0.511. The molecule has 20 heavy (non-hydrogen) atoms. The summed E-state index contributed by atoms with van der Waals surface area (Å²) in [6.45, 7) is 4.83. The van der Waals surface area contributed by atoms with Crippen LogP contribution in [0.5, 0.6) is 0 Å². The van der Waals surface area contributed by atoms with Crippen LogP contribution in [-0.4, -0.2) is 19.3 Å². The second-order valence-corrected chi connectivity index (χ2v) is 6.43. The van der Waals surface area contributed by atoms with Crippen molar-refractivity contribution in [2.45, 2.75) is 64.0 Å². The molecule has 2 aliphatic carbocycles. The zero-order valence-corrected chi connectivity index (χ0v) is 12.6. The third-order valence-electron chi connectivity index (χ3n) is 4.64. The summed E-state index contributed by atoms with van der Waals surface area (Å²) in [4.78, 5) is 0. The van der Waals surface area contributed by atoms with Gasteiger partial charge in [0, 0.05) is 12.5 Å². The number of furan rings is 1. The van der Waals surface area contributed by atoms with E-state index in [0.717, 1.165) is 31.4 Å². The maximum atomic E-state index is 5.90. The van der Waals surface area contributed by atoms with E-state index in [1.165, 1.54) is 44.3 Å². The van der Waals surface area contributed by atoms with E-state index in [-0.39, 0.29) is 0 Å². The van der Waals surface area contributed by atoms with Crippen molar-refractivity contribution in [2.75, 3.05) is 13.2 Å². The fourth-order valence-electron chi connectivity index (χ4n) is 3.15. The lowest BCUT2D eigenvalue weighted by Gasteiger charge is -2.21. The molecule has 0 amide bonds. The SMILES string of the molecule is CC1CC1c1ccc(CNCCOC2CCCCC2)o1. The first kappa shape index (κ1) is 14.2. The lowest BCUT2D eigenvalue weighted by molar-refractivity contribution is 0.0301. The van der Waals surface area contributed by atoms with Crippen molar-refractivity contribution in [3.63, 3.8) is 0 Å². The summed E-state index contributed by atoms with van der Waals surface area (Å²) in [5, 5.41) is 3.41. The van der Waals surface area contributed by atoms with Crippen molar-refractivity contribution in [1.29, 1.82) is 0 Å². The highest BCUT2D eigenvalue weighted by atomic mass is 16.5. The first-order chi connectivity index (χ1) is 9.83. The second-order valence-electron chi connectivity index (χ2n) is 6.43. The number of hydrogen-bond donors (Lipinski definition) is 1. The summed E-state index contributed by atoms with van der Waals surface area (Å²) in [7, 11) is 0. The Kier molecular flexibility index (Phi) is 4.79. The average Bonchev–Trinajstić information content (AvgIpc) is 3.01. The molecule has 2 fully saturated rings. The smallest absolute Gasteiger partial charge is 0.117 e. The first-order valence-corrected chi connectivity index (χ1v) is 8.24. The van der Waals surface area contributed by atoms with Crippen molar-refractivity contribution in [3.8, 4) is 0 Å². The molecule has 1 aromatic rings. The maximum absolute atomic E-state index is 5.90. The minimum atomic E-state index is 0.511. The molecule has 2 atom stereocenters. The van der Waals surface area contributed by atoms with E-state index in [4.69, 9.17) is 9.15 Å². The predicted molar refractivity (Wildman–Crippen MR) is 79.8 cm³/mol. The van der Waals surface area contributed by atoms with Gasteiger partial charge in [-0.2, -0.15) is 0 Å². The molecule has 2 saturated carbocycles. The van der Waals surface area contributed by atoms with Crippen LogP contribution in [0.3, 0.4) is 0 Å². The molecule has 2 unspecified atom stereocenters. The van der Waals surface area contributed by atoms with Gasteiger partial charge in [0.05, 0.1) is 19.3 Å². The fraction of sp³-hybridized carbons (Fsp3) is 0.765. The monoisotopic (exact) mass is 277 g/mol. The van der Waals surface area contributed by atoms with Gasteiger partial charge in [-0.15, -0.1) is 0 Å². The molecule has 0 spiro atoms. The van der Waals surface area contributed by atoms with Gasteiger partial charge < -0.3 is 14.5 Å². The van der Waals surface area contributed by atoms with Crippen molar-refractivity contribution in [3.05, 3.63) is 23.7 Å². The summed E-state index contributed by atoms with van der Waals surface area (Å²) in [6.07, 6.45) is 8.37. The van der Waals surface area contributed by atoms with E-state index in [1.54, 1.807) is 0 Å². The van der Waals surface area contributed by atoms with Crippen LogP contribution in [0.1, 0.15) is 62.9 Å². The highest BCUT2D eigenvalue weighted by Gasteiger charge is 2.36. The normalized spacial score (nSPS) is 26.9. The molecule has 0 bridgehead atoms. The topological polar surface area (TPSA) is 34.4 Å². The molecule has 0 aliphatic heterocycles. The summed E-state index contributed by atoms with van der Waals surface area (Å²) >= 11 is 0. The van der Waals surface area contributed by atoms with Crippen LogP contribution in [0, 0.1) is 5.92 Å². The van der Waals surface area contributed by atoms with Gasteiger partial charge in [0.15, 0.2) is 0 Å². The second kappa shape index (κ2) is 6.77. The molecular weight excluding hydrogens is 250 g/mol. The van der Waals surface area contributed by atoms with Crippen LogP contribution in [-0.2, 0) is 11.3 Å². The average molecular weight is 277 g/mol. The maximum Gasteiger partial charge on any atom is 0.117 e. The standard InChI is InChI=1S/C17H27NO2/c1-13-11-16(13)17-8-7-15(20-17)12-18-9-10-19-14-5-3-2-4-6-14/h7-8,13-14,16,18H,2-6,9-12H2,1H3. The Bertz CT molecular complexity index is 409. The molecular formula is C17H27NO2. The van der Waals surface area contributed by atoms with Crippen LogP contribution in [0.15, 0.2) is 16.5 Å². The highest BCUT2D eigenvalue weighted by Crippen LogP contribution is 2.47. The van der Waals surface area contributed by atoms with E-state index in [2.05, 4.69) is 24.4 Å². The molecule has 2 aliphatic rings. The largest absolute Gasteiger partial charge is 0.464 e. The van der Waals surface area contributed by atoms with Crippen molar-refractivity contribution >= 4 is 0 Å². The van der Waals surface area contributed by atoms with Gasteiger partial charge in [0.1, 0.15) is 11.5 Å². The lowest BCUT2D eigenvalue weighted by Crippen LogP contribution is -2.24. The Morgan fingerprint density at radius 3 is 2.80 bits per heavy atom. The van der Waals surface area contributed by atoms with Gasteiger partial charge >= 0.3 is 0 Å². The zero-order valence-electron chi connectivity index (χ0n) is 12.6. The minimum Gasteiger partial charge on any atom is -0.464 e. The van der Waals surface area contributed by atoms with Gasteiger partial charge in [-0.1, -0.05) is 26.2 Å². The lowest BCUT2D eigenvalue weighted by atomic mass is 9.98. The molecule has 0 radical (unpaired) electrons. The summed E-state index contributed by atoms with van der Waals surface area (Å²) in [6, 6.07) is 4.25. The highest BCUT2D eigenvalue weighted by molar-refractivity contribution is 5.17. The molecule has 3 rings (SSSR count). The molecule has 1 N–H and O–H groups in total. The molecule has 112 valence electrons. The van der Waals surface area contributed by atoms with Gasteiger partial charge in [-0.3, -0.25) is 0 Å². The van der Waals surface area contributed by atoms with E-state index in [0.29, 0.717) is 12.0 Å². The predicted octanol–water partition coefficient (Wildman–Crippen LogP) is 3.84. The number of rotatable bonds is 7. The van der Waals surface area contributed by atoms with Crippen LogP contribution in [0.25, 0.3) is 0 Å². The van der Waals surface area contributed by atoms with E-state index in [1.807, 2.05) is 0 Å². The summed E-state index contributed by atoms with van der Waals surface area (Å²) in [5.74, 6) is 3.72. The molecule has 0 saturated heterocycles. The third-order valence-corrected chi connectivity index (χ3v) is 4.64. The molecule has 1 aromatic heterocycles. The Labute approximate surface area is 122 Å². The van der Waals surface area contributed by atoms with E-state index < -0.39 is 0 Å². The van der Waals surface area contributed by atoms with Crippen LogP contribution >= 0.6 is 0 Å². The van der Waals surface area contributed by atoms with Gasteiger partial charge in [-0.25, -0.2) is 0 Å². The zero-order chi connectivity index (χ0) is 13.8. The van der Waals surface area contributed by atoms with Gasteiger partial charge in [0.25, 0.3) is 0 Å². The van der Waals surface area contributed by atoms with E-state index >= 15 is 0 Å². The fourth-order valence-corrected chi connectivity index (χ4v) is 3.15. The summed E-state index contributed by atoms with van der Waals surface area (Å²) < 4.78 is 11.8. The first-order valence-electron chi connectivity index (χ1n) is 8.24. The molecule has 0 aromatic carbocycles. The quantitative estimate of drug-likeness (QED) is 0.769. The van der Waals surface area contributed by atoms with Crippen LogP contribution < -0.4 is 5.32 Å². The van der Waals surface area contributed by atoms with Crippen molar-refractivity contribution < 1.29 is 9.15 Å². The van der Waals surface area contributed by atoms with Crippen LogP contribution in [0.4, 0.5) is 0 Å². The number of hydrogen-bond acceptors (Lipinski definition) is 3. The van der Waals surface area contributed by atoms with Crippen molar-refractivity contribution in [1.82, 2.24) is 5.32 Å².